The Bertz CT molecular complexity index is 1920. The summed E-state index contributed by atoms with van der Waals surface area (Å²) in [7, 11) is 1.70. The van der Waals surface area contributed by atoms with Gasteiger partial charge < -0.3 is 38.8 Å². The number of rotatable bonds is 24. The van der Waals surface area contributed by atoms with E-state index in [1.807, 2.05) is 32.9 Å². The van der Waals surface area contributed by atoms with Crippen LogP contribution in [-0.4, -0.2) is 113 Å². The molecule has 12 atom stereocenters. The number of unbranched alkanes of at least 4 members (excludes halogenated alkanes) is 1. The van der Waals surface area contributed by atoms with Crippen molar-refractivity contribution in [1.82, 2.24) is 15.1 Å². The SMILES string of the molecule is CC[C@@H](O)[C@@]1(C)OC(=O)N(CCCCN=[N+]=[N-])[C@@H]1[C@@H](C)NC[C@H](C)C[C@@](C)(OC)[C@H](O[C@@H]1O[C@H](C)CC(N(Cc2ccccc2)Cc2ccccc2)C1C)[C@@H](C)C1=C(C)C(=O)OC(C)(C)O1. The van der Waals surface area contributed by atoms with Crippen molar-refractivity contribution in [2.75, 3.05) is 26.7 Å². The number of hydrogen-bond donors (Lipinski definition) is 2. The molecule has 0 radical (unpaired) electrons. The third kappa shape index (κ3) is 12.9. The lowest BCUT2D eigenvalue weighted by atomic mass is 9.80. The van der Waals surface area contributed by atoms with Crippen LogP contribution in [0.1, 0.15) is 119 Å². The molecule has 5 rings (SSSR count). The Hall–Kier alpha value is -4.21. The minimum absolute atomic E-state index is 0.000680. The standard InChI is InChI=1S/C51H78N6O9/c1-13-42(58)51(11)44(57(48(60)66-51)27-21-20-26-54-55-52)38(7)53-30-33(2)29-50(10,61-12)45(36(5)43-37(6)46(59)65-49(8,9)64-43)63-47-35(4)41(28-34(3)62-47)56(31-39-22-16-14-17-23-39)32-40-24-18-15-19-25-40/h14-19,22-25,33-36,38,41-42,44-45,47,53,58H,13,20-21,26-32H2,1-12H3/t33-,34-,35?,36+,38-,41?,42-,44-,45-,47+,50-,51-/m1/s1. The Balaban J connectivity index is 1.43. The van der Waals surface area contributed by atoms with Gasteiger partial charge in [-0.1, -0.05) is 93.5 Å². The number of ether oxygens (including phenoxy) is 6. The number of methoxy groups -OCH3 is 1. The summed E-state index contributed by atoms with van der Waals surface area (Å²) >= 11 is 0. The number of benzene rings is 2. The van der Waals surface area contributed by atoms with Crippen LogP contribution in [0.3, 0.4) is 0 Å². The number of nitrogens with zero attached hydrogens (tertiary/aromatic N) is 5. The van der Waals surface area contributed by atoms with E-state index in [1.165, 1.54) is 11.1 Å². The van der Waals surface area contributed by atoms with Gasteiger partial charge in [-0.25, -0.2) is 9.59 Å². The first-order valence-corrected chi connectivity index (χ1v) is 24.0. The van der Waals surface area contributed by atoms with Crippen LogP contribution in [0, 0.1) is 17.8 Å². The van der Waals surface area contributed by atoms with Crippen molar-refractivity contribution in [3.8, 4) is 0 Å². The van der Waals surface area contributed by atoms with Crippen LogP contribution in [0.5, 0.6) is 0 Å². The molecular formula is C51H78N6O9. The molecule has 0 bridgehead atoms. The summed E-state index contributed by atoms with van der Waals surface area (Å²) in [5.41, 5.74) is 9.49. The van der Waals surface area contributed by atoms with Crippen molar-refractivity contribution >= 4 is 12.1 Å². The molecule has 0 spiro atoms. The second-order valence-electron chi connectivity index (χ2n) is 19.9. The van der Waals surface area contributed by atoms with Gasteiger partial charge in [-0.05, 0) is 95.8 Å². The molecule has 0 aromatic heterocycles. The molecule has 2 saturated heterocycles. The number of azide groups is 1. The molecule has 66 heavy (non-hydrogen) atoms. The number of carbonyl (C=O) groups excluding carboxylic acids is 2. The fraction of sp³-hybridized carbons (Fsp3) is 0.686. The van der Waals surface area contributed by atoms with E-state index in [-0.39, 0.29) is 30.0 Å². The quantitative estimate of drug-likeness (QED) is 0.0337. The molecule has 1 amide bonds. The summed E-state index contributed by atoms with van der Waals surface area (Å²) < 4.78 is 38.8. The zero-order valence-corrected chi connectivity index (χ0v) is 41.6. The van der Waals surface area contributed by atoms with E-state index in [0.717, 1.165) is 19.5 Å². The summed E-state index contributed by atoms with van der Waals surface area (Å²) in [5.74, 6) is -1.67. The predicted octanol–water partition coefficient (Wildman–Crippen LogP) is 9.28. The van der Waals surface area contributed by atoms with Gasteiger partial charge in [0.15, 0.2) is 11.9 Å². The lowest BCUT2D eigenvalue weighted by molar-refractivity contribution is -0.287. The minimum atomic E-state index is -1.19. The van der Waals surface area contributed by atoms with E-state index < -0.39 is 59.5 Å². The van der Waals surface area contributed by atoms with Crippen molar-refractivity contribution in [3.05, 3.63) is 93.6 Å². The molecule has 3 aliphatic rings. The van der Waals surface area contributed by atoms with Gasteiger partial charge in [0, 0.05) is 76.0 Å². The van der Waals surface area contributed by atoms with E-state index in [4.69, 9.17) is 34.0 Å². The Labute approximate surface area is 393 Å². The molecule has 3 heterocycles. The number of amides is 1. The number of esters is 1. The molecule has 3 aliphatic heterocycles. The van der Waals surface area contributed by atoms with Crippen LogP contribution in [0.4, 0.5) is 4.79 Å². The molecular weight excluding hydrogens is 841 g/mol. The highest BCUT2D eigenvalue weighted by Crippen LogP contribution is 2.42. The van der Waals surface area contributed by atoms with E-state index in [1.54, 1.807) is 39.7 Å². The van der Waals surface area contributed by atoms with Crippen LogP contribution >= 0.6 is 0 Å². The van der Waals surface area contributed by atoms with E-state index >= 15 is 0 Å². The fourth-order valence-electron chi connectivity index (χ4n) is 10.5. The van der Waals surface area contributed by atoms with Crippen molar-refractivity contribution < 1.29 is 43.1 Å². The molecule has 2 N–H and O–H groups in total. The van der Waals surface area contributed by atoms with Gasteiger partial charge in [0.1, 0.15) is 5.76 Å². The second kappa shape index (κ2) is 23.2. The Kier molecular flexibility index (Phi) is 18.5. The summed E-state index contributed by atoms with van der Waals surface area (Å²) in [6.45, 7) is 24.2. The maximum absolute atomic E-state index is 13.4. The number of aliphatic hydroxyl groups is 1. The minimum Gasteiger partial charge on any atom is -0.456 e. The predicted molar refractivity (Wildman–Crippen MR) is 254 cm³/mol. The molecule has 2 fully saturated rings. The zero-order chi connectivity index (χ0) is 48.4. The van der Waals surface area contributed by atoms with E-state index in [0.29, 0.717) is 56.6 Å². The van der Waals surface area contributed by atoms with Crippen LogP contribution in [0.2, 0.25) is 0 Å². The first-order chi connectivity index (χ1) is 31.3. The average Bonchev–Trinajstić information content (AvgIpc) is 3.55. The Morgan fingerprint density at radius 2 is 1.62 bits per heavy atom. The molecule has 2 aromatic carbocycles. The highest BCUT2D eigenvalue weighted by Gasteiger charge is 2.56. The molecule has 366 valence electrons. The zero-order valence-electron chi connectivity index (χ0n) is 41.6. The fourth-order valence-corrected chi connectivity index (χ4v) is 10.5. The van der Waals surface area contributed by atoms with Crippen molar-refractivity contribution in [2.45, 2.75) is 181 Å². The summed E-state index contributed by atoms with van der Waals surface area (Å²) in [6.07, 6.45) is 0.241. The molecule has 15 heteroatoms. The van der Waals surface area contributed by atoms with Crippen LogP contribution in [-0.2, 0) is 46.3 Å². The smallest absolute Gasteiger partial charge is 0.410 e. The Morgan fingerprint density at radius 1 is 1.00 bits per heavy atom. The van der Waals surface area contributed by atoms with E-state index in [2.05, 4.69) is 96.5 Å². The molecule has 2 aromatic rings. The van der Waals surface area contributed by atoms with Gasteiger partial charge in [0.2, 0.25) is 5.79 Å². The molecule has 15 nitrogen and oxygen atoms in total. The number of hydrogen-bond acceptors (Lipinski definition) is 12. The third-order valence-electron chi connectivity index (χ3n) is 14.0. The van der Waals surface area contributed by atoms with Crippen molar-refractivity contribution in [1.29, 1.82) is 0 Å². The third-order valence-corrected chi connectivity index (χ3v) is 14.0. The number of nitrogens with one attached hydrogen (secondary N) is 1. The van der Waals surface area contributed by atoms with Gasteiger partial charge in [-0.2, -0.15) is 0 Å². The maximum atomic E-state index is 13.4. The summed E-state index contributed by atoms with van der Waals surface area (Å²) in [6, 6.07) is 20.5. The lowest BCUT2D eigenvalue weighted by Crippen LogP contribution is -2.60. The van der Waals surface area contributed by atoms with Crippen molar-refractivity contribution in [2.24, 2.45) is 22.9 Å². The topological polar surface area (TPSA) is 177 Å². The van der Waals surface area contributed by atoms with Gasteiger partial charge in [-0.15, -0.1) is 0 Å². The highest BCUT2D eigenvalue weighted by molar-refractivity contribution is 5.89. The number of aliphatic hydroxyl groups excluding tert-OH is 1. The molecule has 0 saturated carbocycles. The average molecular weight is 919 g/mol. The monoisotopic (exact) mass is 919 g/mol. The Morgan fingerprint density at radius 3 is 2.20 bits per heavy atom. The van der Waals surface area contributed by atoms with Gasteiger partial charge in [0.25, 0.3) is 0 Å². The number of cyclic esters (lactones) is 2. The van der Waals surface area contributed by atoms with Crippen LogP contribution < -0.4 is 5.32 Å². The molecule has 2 unspecified atom stereocenters. The van der Waals surface area contributed by atoms with Gasteiger partial charge >= 0.3 is 12.1 Å². The summed E-state index contributed by atoms with van der Waals surface area (Å²) in [4.78, 5) is 33.8. The largest absolute Gasteiger partial charge is 0.456 e. The first-order valence-electron chi connectivity index (χ1n) is 24.0. The van der Waals surface area contributed by atoms with Gasteiger partial charge in [-0.3, -0.25) is 9.80 Å². The lowest BCUT2D eigenvalue weighted by Gasteiger charge is -2.49. The van der Waals surface area contributed by atoms with Gasteiger partial charge in [0.05, 0.1) is 35.5 Å². The first kappa shape index (κ1) is 52.8. The normalized spacial score (nSPS) is 27.5. The summed E-state index contributed by atoms with van der Waals surface area (Å²) in [5, 5.41) is 18.6. The van der Waals surface area contributed by atoms with Crippen LogP contribution in [0.15, 0.2) is 77.1 Å². The van der Waals surface area contributed by atoms with Crippen molar-refractivity contribution in [3.63, 3.8) is 0 Å². The molecule has 0 aliphatic carbocycles. The van der Waals surface area contributed by atoms with Crippen LogP contribution in [0.25, 0.3) is 10.4 Å². The van der Waals surface area contributed by atoms with E-state index in [9.17, 15) is 14.7 Å². The second-order valence-corrected chi connectivity index (χ2v) is 19.9. The highest BCUT2D eigenvalue weighted by atomic mass is 16.7. The number of carbonyl (C=O) groups is 2. The maximum Gasteiger partial charge on any atom is 0.410 e.